The van der Waals surface area contributed by atoms with Crippen molar-refractivity contribution in [2.24, 2.45) is 0 Å². The molecule has 0 saturated heterocycles. The van der Waals surface area contributed by atoms with E-state index in [9.17, 15) is 0 Å². The van der Waals surface area contributed by atoms with Crippen LogP contribution in [-0.2, 0) is 5.75 Å². The zero-order chi connectivity index (χ0) is 13.1. The molecule has 2 N–H and O–H groups in total. The van der Waals surface area contributed by atoms with Gasteiger partial charge in [0.25, 0.3) is 0 Å². The van der Waals surface area contributed by atoms with Gasteiger partial charge >= 0.3 is 0 Å². The fourth-order valence-corrected chi connectivity index (χ4v) is 2.76. The quantitative estimate of drug-likeness (QED) is 0.738. The maximum Gasteiger partial charge on any atom is 0.237 e. The topological polar surface area (TPSA) is 90.7 Å². The number of anilines is 1. The first-order chi connectivity index (χ1) is 9.33. The molecule has 6 nitrogen and oxygen atoms in total. The Morgan fingerprint density at radius 2 is 2.21 bits per heavy atom. The Hall–Kier alpha value is -1.93. The van der Waals surface area contributed by atoms with Gasteiger partial charge in [-0.2, -0.15) is 4.98 Å². The highest BCUT2D eigenvalue weighted by Crippen LogP contribution is 2.26. The lowest BCUT2D eigenvalue weighted by atomic mass is 10.4. The SMILES string of the molecule is Nc1nccnc1SCc1nc(-c2cccs2)no1. The van der Waals surface area contributed by atoms with Crippen LogP contribution in [0.25, 0.3) is 10.7 Å². The molecule has 0 amide bonds. The summed E-state index contributed by atoms with van der Waals surface area (Å²) in [4.78, 5) is 13.4. The molecule has 0 fully saturated rings. The van der Waals surface area contributed by atoms with Crippen LogP contribution in [0.15, 0.2) is 39.5 Å². The summed E-state index contributed by atoms with van der Waals surface area (Å²) in [6, 6.07) is 3.90. The second-order valence-corrected chi connectivity index (χ2v) is 5.44. The average Bonchev–Trinajstić information content (AvgIpc) is 3.09. The first-order valence-electron chi connectivity index (χ1n) is 5.38. The number of rotatable bonds is 4. The summed E-state index contributed by atoms with van der Waals surface area (Å²) in [5.41, 5.74) is 5.71. The molecular weight excluding hydrogens is 282 g/mol. The Labute approximate surface area is 117 Å². The Kier molecular flexibility index (Phi) is 3.43. The first-order valence-corrected chi connectivity index (χ1v) is 7.25. The number of hydrogen-bond donors (Lipinski definition) is 1. The van der Waals surface area contributed by atoms with Crippen molar-refractivity contribution in [2.45, 2.75) is 10.8 Å². The molecule has 19 heavy (non-hydrogen) atoms. The van der Waals surface area contributed by atoms with Gasteiger partial charge in [-0.25, -0.2) is 9.97 Å². The van der Waals surface area contributed by atoms with Crippen LogP contribution in [0.5, 0.6) is 0 Å². The van der Waals surface area contributed by atoms with Crippen molar-refractivity contribution < 1.29 is 4.52 Å². The zero-order valence-corrected chi connectivity index (χ0v) is 11.3. The fraction of sp³-hybridized carbons (Fsp3) is 0.0909. The van der Waals surface area contributed by atoms with E-state index < -0.39 is 0 Å². The van der Waals surface area contributed by atoms with E-state index in [1.807, 2.05) is 17.5 Å². The molecule has 0 aliphatic heterocycles. The molecule has 0 unspecified atom stereocenters. The van der Waals surface area contributed by atoms with Crippen LogP contribution in [0.4, 0.5) is 5.82 Å². The highest BCUT2D eigenvalue weighted by atomic mass is 32.2. The van der Waals surface area contributed by atoms with Gasteiger partial charge in [-0.15, -0.1) is 11.3 Å². The molecule has 3 rings (SSSR count). The van der Waals surface area contributed by atoms with Gasteiger partial charge in [0.05, 0.1) is 10.6 Å². The summed E-state index contributed by atoms with van der Waals surface area (Å²) in [6.07, 6.45) is 3.16. The normalized spacial score (nSPS) is 10.7. The van der Waals surface area contributed by atoms with E-state index in [2.05, 4.69) is 20.1 Å². The van der Waals surface area contributed by atoms with Crippen molar-refractivity contribution in [3.8, 4) is 10.7 Å². The van der Waals surface area contributed by atoms with Gasteiger partial charge in [0.15, 0.2) is 5.82 Å². The Balaban J connectivity index is 1.70. The van der Waals surface area contributed by atoms with Crippen LogP contribution < -0.4 is 5.73 Å². The van der Waals surface area contributed by atoms with Crippen molar-refractivity contribution in [1.29, 1.82) is 0 Å². The third-order valence-corrected chi connectivity index (χ3v) is 4.08. The van der Waals surface area contributed by atoms with E-state index in [0.29, 0.717) is 28.3 Å². The van der Waals surface area contributed by atoms with Crippen LogP contribution in [0.2, 0.25) is 0 Å². The number of nitrogens with zero attached hydrogens (tertiary/aromatic N) is 4. The van der Waals surface area contributed by atoms with Gasteiger partial charge in [-0.1, -0.05) is 23.0 Å². The molecule has 0 aromatic carbocycles. The predicted octanol–water partition coefficient (Wildman–Crippen LogP) is 2.46. The Morgan fingerprint density at radius 1 is 1.32 bits per heavy atom. The lowest BCUT2D eigenvalue weighted by Gasteiger charge is -1.99. The number of thioether (sulfide) groups is 1. The van der Waals surface area contributed by atoms with Gasteiger partial charge < -0.3 is 10.3 Å². The molecule has 8 heteroatoms. The monoisotopic (exact) mass is 291 g/mol. The molecule has 0 spiro atoms. The van der Waals surface area contributed by atoms with E-state index in [1.54, 1.807) is 23.7 Å². The molecule has 0 atom stereocenters. The van der Waals surface area contributed by atoms with E-state index in [-0.39, 0.29) is 0 Å². The average molecular weight is 291 g/mol. The number of nitrogen functional groups attached to an aromatic ring is 1. The van der Waals surface area contributed by atoms with Crippen molar-refractivity contribution >= 4 is 28.9 Å². The second kappa shape index (κ2) is 5.37. The molecule has 3 aromatic rings. The van der Waals surface area contributed by atoms with Gasteiger partial charge in [0, 0.05) is 12.4 Å². The highest BCUT2D eigenvalue weighted by molar-refractivity contribution is 7.98. The summed E-state index contributed by atoms with van der Waals surface area (Å²) in [6.45, 7) is 0. The molecule has 96 valence electrons. The molecular formula is C11H9N5OS2. The summed E-state index contributed by atoms with van der Waals surface area (Å²) in [7, 11) is 0. The molecule has 0 aliphatic carbocycles. The molecule has 3 heterocycles. The lowest BCUT2D eigenvalue weighted by molar-refractivity contribution is 0.392. The minimum absolute atomic E-state index is 0.408. The van der Waals surface area contributed by atoms with E-state index in [4.69, 9.17) is 10.3 Å². The van der Waals surface area contributed by atoms with Crippen molar-refractivity contribution in [2.75, 3.05) is 5.73 Å². The molecule has 0 bridgehead atoms. The smallest absolute Gasteiger partial charge is 0.237 e. The van der Waals surface area contributed by atoms with Crippen LogP contribution in [0, 0.1) is 0 Å². The van der Waals surface area contributed by atoms with Crippen LogP contribution in [-0.4, -0.2) is 20.1 Å². The van der Waals surface area contributed by atoms with E-state index in [1.165, 1.54) is 11.8 Å². The maximum absolute atomic E-state index is 5.71. The van der Waals surface area contributed by atoms with Crippen molar-refractivity contribution in [3.05, 3.63) is 35.8 Å². The molecule has 0 radical (unpaired) electrons. The number of nitrogens with two attached hydrogens (primary N) is 1. The summed E-state index contributed by atoms with van der Waals surface area (Å²) in [5, 5.41) is 6.57. The molecule has 0 saturated carbocycles. The molecule has 3 aromatic heterocycles. The third kappa shape index (κ3) is 2.74. The number of thiophene rings is 1. The van der Waals surface area contributed by atoms with Crippen molar-refractivity contribution in [3.63, 3.8) is 0 Å². The summed E-state index contributed by atoms with van der Waals surface area (Å²) < 4.78 is 5.19. The maximum atomic E-state index is 5.71. The number of hydrogen-bond acceptors (Lipinski definition) is 8. The lowest BCUT2D eigenvalue weighted by Crippen LogP contribution is -1.95. The van der Waals surface area contributed by atoms with Gasteiger partial charge in [-0.3, -0.25) is 0 Å². The third-order valence-electron chi connectivity index (χ3n) is 2.23. The van der Waals surface area contributed by atoms with Gasteiger partial charge in [0.1, 0.15) is 5.03 Å². The van der Waals surface area contributed by atoms with Crippen LogP contribution in [0.3, 0.4) is 0 Å². The summed E-state index contributed by atoms with van der Waals surface area (Å²) >= 11 is 2.99. The Bertz CT molecular complexity index is 667. The van der Waals surface area contributed by atoms with Gasteiger partial charge in [-0.05, 0) is 11.4 Å². The number of aromatic nitrogens is 4. The fourth-order valence-electron chi connectivity index (χ4n) is 1.40. The van der Waals surface area contributed by atoms with E-state index in [0.717, 1.165) is 4.88 Å². The minimum Gasteiger partial charge on any atom is -0.381 e. The highest BCUT2D eigenvalue weighted by Gasteiger charge is 2.11. The second-order valence-electron chi connectivity index (χ2n) is 3.52. The van der Waals surface area contributed by atoms with E-state index >= 15 is 0 Å². The first kappa shape index (κ1) is 12.1. The predicted molar refractivity (Wildman–Crippen MR) is 73.6 cm³/mol. The van der Waals surface area contributed by atoms with Crippen LogP contribution in [0.1, 0.15) is 5.89 Å². The summed E-state index contributed by atoms with van der Waals surface area (Å²) in [5.74, 6) is 2.07. The zero-order valence-electron chi connectivity index (χ0n) is 9.68. The molecule has 0 aliphatic rings. The van der Waals surface area contributed by atoms with Crippen molar-refractivity contribution in [1.82, 2.24) is 20.1 Å². The largest absolute Gasteiger partial charge is 0.381 e. The van der Waals surface area contributed by atoms with Crippen LogP contribution >= 0.6 is 23.1 Å². The minimum atomic E-state index is 0.408. The van der Waals surface area contributed by atoms with Gasteiger partial charge in [0.2, 0.25) is 11.7 Å². The standard InChI is InChI=1S/C11H9N5OS2/c12-9-11(14-4-3-13-9)19-6-8-15-10(16-17-8)7-2-1-5-18-7/h1-5H,6H2,(H2,12,13). The Morgan fingerprint density at radius 3 is 3.00 bits per heavy atom.